The fraction of sp³-hybridized carbons (Fsp3) is 0.667. The lowest BCUT2D eigenvalue weighted by molar-refractivity contribution is 0.0691. The maximum Gasteiger partial charge on any atom is 0.340 e. The zero-order valence-corrected chi connectivity index (χ0v) is 14.8. The van der Waals surface area contributed by atoms with E-state index in [0.717, 1.165) is 25.9 Å². The van der Waals surface area contributed by atoms with Gasteiger partial charge in [0.2, 0.25) is 10.0 Å². The highest BCUT2D eigenvalue weighted by Gasteiger charge is 2.34. The zero-order valence-electron chi connectivity index (χ0n) is 14.0. The van der Waals surface area contributed by atoms with Gasteiger partial charge in [-0.3, -0.25) is 0 Å². The van der Waals surface area contributed by atoms with Gasteiger partial charge in [0.25, 0.3) is 0 Å². The summed E-state index contributed by atoms with van der Waals surface area (Å²) in [7, 11) is -0.342. The molecule has 1 aliphatic rings. The lowest BCUT2D eigenvalue weighted by Crippen LogP contribution is -2.38. The Kier molecular flexibility index (Phi) is 5.17. The molecule has 0 bridgehead atoms. The Labute approximate surface area is 136 Å². The smallest absolute Gasteiger partial charge is 0.340 e. The van der Waals surface area contributed by atoms with Crippen molar-refractivity contribution in [2.45, 2.75) is 31.6 Å². The standard InChI is InChI=1S/C15H24N2O5S/c1-10-13(15(18)19)14(11(2)22-10)23(20,21)17(4)9-12-5-7-16(3)8-6-12/h12H,5-9H2,1-4H3,(H,18,19). The minimum atomic E-state index is -3.89. The van der Waals surface area contributed by atoms with Gasteiger partial charge in [0.05, 0.1) is 0 Å². The van der Waals surface area contributed by atoms with E-state index in [1.165, 1.54) is 25.2 Å². The van der Waals surface area contributed by atoms with Crippen LogP contribution in [0.25, 0.3) is 0 Å². The van der Waals surface area contributed by atoms with E-state index in [0.29, 0.717) is 6.54 Å². The summed E-state index contributed by atoms with van der Waals surface area (Å²) in [6, 6.07) is 0. The van der Waals surface area contributed by atoms with Crippen molar-refractivity contribution in [3.05, 3.63) is 17.1 Å². The number of piperidine rings is 1. The quantitative estimate of drug-likeness (QED) is 0.871. The second-order valence-corrected chi connectivity index (χ2v) is 8.24. The molecular formula is C15H24N2O5S. The van der Waals surface area contributed by atoms with E-state index >= 15 is 0 Å². The summed E-state index contributed by atoms with van der Waals surface area (Å²) >= 11 is 0. The Balaban J connectivity index is 2.26. The van der Waals surface area contributed by atoms with Crippen LogP contribution in [-0.2, 0) is 10.0 Å². The number of aromatic carboxylic acids is 1. The van der Waals surface area contributed by atoms with Gasteiger partial charge in [-0.25, -0.2) is 17.5 Å². The molecule has 130 valence electrons. The van der Waals surface area contributed by atoms with Crippen molar-refractivity contribution in [2.24, 2.45) is 5.92 Å². The third kappa shape index (κ3) is 3.59. The lowest BCUT2D eigenvalue weighted by atomic mass is 9.97. The van der Waals surface area contributed by atoms with Crippen LogP contribution in [-0.4, -0.2) is 62.4 Å². The van der Waals surface area contributed by atoms with Crippen LogP contribution in [0.1, 0.15) is 34.7 Å². The summed E-state index contributed by atoms with van der Waals surface area (Å²) in [6.45, 7) is 5.23. The Morgan fingerprint density at radius 3 is 2.39 bits per heavy atom. The molecule has 0 aliphatic carbocycles. The van der Waals surface area contributed by atoms with Gasteiger partial charge in [0.1, 0.15) is 22.0 Å². The van der Waals surface area contributed by atoms with Crippen molar-refractivity contribution in [3.63, 3.8) is 0 Å². The SMILES string of the molecule is Cc1oc(C)c(S(=O)(=O)N(C)CC2CCN(C)CC2)c1C(=O)O. The highest BCUT2D eigenvalue weighted by atomic mass is 32.2. The Morgan fingerprint density at radius 2 is 1.87 bits per heavy atom. The highest BCUT2D eigenvalue weighted by molar-refractivity contribution is 7.89. The first-order valence-corrected chi connectivity index (χ1v) is 9.06. The van der Waals surface area contributed by atoms with Crippen LogP contribution in [0.15, 0.2) is 9.31 Å². The molecule has 0 unspecified atom stereocenters. The molecule has 23 heavy (non-hydrogen) atoms. The number of likely N-dealkylation sites (tertiary alicyclic amines) is 1. The van der Waals surface area contributed by atoms with Gasteiger partial charge in [-0.05, 0) is 52.7 Å². The number of furan rings is 1. The Morgan fingerprint density at radius 1 is 1.30 bits per heavy atom. The van der Waals surface area contributed by atoms with Gasteiger partial charge >= 0.3 is 5.97 Å². The average Bonchev–Trinajstić information content (AvgIpc) is 2.76. The molecule has 0 aromatic carbocycles. The predicted octanol–water partition coefficient (Wildman–Crippen LogP) is 1.56. The van der Waals surface area contributed by atoms with E-state index in [-0.39, 0.29) is 27.9 Å². The number of carboxylic acid groups (broad SMARTS) is 1. The van der Waals surface area contributed by atoms with Crippen LogP contribution in [0.3, 0.4) is 0 Å². The number of sulfonamides is 1. The fourth-order valence-corrected chi connectivity index (χ4v) is 4.70. The molecule has 2 rings (SSSR count). The van der Waals surface area contributed by atoms with E-state index in [9.17, 15) is 18.3 Å². The number of rotatable bonds is 5. The van der Waals surface area contributed by atoms with E-state index in [4.69, 9.17) is 4.42 Å². The van der Waals surface area contributed by atoms with E-state index in [1.54, 1.807) is 0 Å². The molecule has 0 saturated carbocycles. The minimum Gasteiger partial charge on any atom is -0.478 e. The largest absolute Gasteiger partial charge is 0.478 e. The fourth-order valence-electron chi connectivity index (χ4n) is 3.08. The van der Waals surface area contributed by atoms with Gasteiger partial charge in [-0.2, -0.15) is 0 Å². The van der Waals surface area contributed by atoms with E-state index in [2.05, 4.69) is 4.90 Å². The first kappa shape index (κ1) is 18.0. The lowest BCUT2D eigenvalue weighted by Gasteiger charge is -2.31. The van der Waals surface area contributed by atoms with Gasteiger partial charge in [-0.1, -0.05) is 0 Å². The van der Waals surface area contributed by atoms with Crippen LogP contribution in [0.5, 0.6) is 0 Å². The van der Waals surface area contributed by atoms with Crippen molar-refractivity contribution in [3.8, 4) is 0 Å². The number of hydrogen-bond acceptors (Lipinski definition) is 5. The summed E-state index contributed by atoms with van der Waals surface area (Å²) in [5.41, 5.74) is -0.266. The number of carboxylic acids is 1. The van der Waals surface area contributed by atoms with E-state index in [1.807, 2.05) is 7.05 Å². The normalized spacial score (nSPS) is 17.8. The number of carbonyl (C=O) groups is 1. The molecule has 0 spiro atoms. The first-order chi connectivity index (χ1) is 10.6. The zero-order chi connectivity index (χ0) is 17.4. The molecule has 1 N–H and O–H groups in total. The monoisotopic (exact) mass is 344 g/mol. The molecule has 1 aromatic rings. The van der Waals surface area contributed by atoms with E-state index < -0.39 is 16.0 Å². The number of nitrogens with zero attached hydrogens (tertiary/aromatic N) is 2. The van der Waals surface area contributed by atoms with Gasteiger partial charge in [0, 0.05) is 13.6 Å². The van der Waals surface area contributed by atoms with Crippen molar-refractivity contribution >= 4 is 16.0 Å². The molecule has 1 aromatic heterocycles. The maximum atomic E-state index is 12.8. The van der Waals surface area contributed by atoms with Crippen molar-refractivity contribution in [1.82, 2.24) is 9.21 Å². The molecule has 8 heteroatoms. The van der Waals surface area contributed by atoms with Crippen LogP contribution in [0.2, 0.25) is 0 Å². The molecule has 1 saturated heterocycles. The summed E-state index contributed by atoms with van der Waals surface area (Å²) in [5.74, 6) is -0.769. The molecule has 0 amide bonds. The second-order valence-electron chi connectivity index (χ2n) is 6.26. The Hall–Kier alpha value is -1.38. The van der Waals surface area contributed by atoms with Crippen LogP contribution < -0.4 is 0 Å². The van der Waals surface area contributed by atoms with Crippen LogP contribution in [0.4, 0.5) is 0 Å². The maximum absolute atomic E-state index is 12.8. The summed E-state index contributed by atoms with van der Waals surface area (Å²) in [5, 5.41) is 9.31. The molecule has 7 nitrogen and oxygen atoms in total. The topological polar surface area (TPSA) is 91.1 Å². The van der Waals surface area contributed by atoms with Crippen LogP contribution >= 0.6 is 0 Å². The molecule has 0 atom stereocenters. The predicted molar refractivity (Wildman–Crippen MR) is 85.2 cm³/mol. The van der Waals surface area contributed by atoms with Crippen LogP contribution in [0, 0.1) is 19.8 Å². The highest BCUT2D eigenvalue weighted by Crippen LogP contribution is 2.30. The molecular weight excluding hydrogens is 320 g/mol. The summed E-state index contributed by atoms with van der Waals surface area (Å²) < 4.78 is 32.2. The third-order valence-electron chi connectivity index (χ3n) is 4.44. The summed E-state index contributed by atoms with van der Waals surface area (Å²) in [6.07, 6.45) is 1.87. The van der Waals surface area contributed by atoms with Gasteiger partial charge in [-0.15, -0.1) is 0 Å². The molecule has 1 aliphatic heterocycles. The number of aryl methyl sites for hydroxylation is 2. The molecule has 1 fully saturated rings. The van der Waals surface area contributed by atoms with Crippen molar-refractivity contribution < 1.29 is 22.7 Å². The molecule has 2 heterocycles. The molecule has 0 radical (unpaired) electrons. The van der Waals surface area contributed by atoms with Gasteiger partial charge < -0.3 is 14.4 Å². The third-order valence-corrected chi connectivity index (χ3v) is 6.42. The Bertz CT molecular complexity index is 687. The average molecular weight is 344 g/mol. The summed E-state index contributed by atoms with van der Waals surface area (Å²) in [4.78, 5) is 13.4. The van der Waals surface area contributed by atoms with Gasteiger partial charge in [0.15, 0.2) is 0 Å². The minimum absolute atomic E-state index is 0.112. The van der Waals surface area contributed by atoms with Crippen molar-refractivity contribution in [1.29, 1.82) is 0 Å². The second kappa shape index (κ2) is 6.62. The first-order valence-electron chi connectivity index (χ1n) is 7.62. The van der Waals surface area contributed by atoms with Crippen molar-refractivity contribution in [2.75, 3.05) is 33.7 Å². The number of hydrogen-bond donors (Lipinski definition) is 1.